The number of nitrogens with one attached hydrogen (secondary N) is 1. The maximum absolute atomic E-state index is 11.9. The molecule has 0 amide bonds. The summed E-state index contributed by atoms with van der Waals surface area (Å²) in [5, 5.41) is 6.90. The van der Waals surface area contributed by atoms with Gasteiger partial charge in [0.1, 0.15) is 11.6 Å². The SMILES string of the molecule is CCCOCCCNc1cnn(CC(=O)OC)c(=O)c1Cl. The molecule has 1 aromatic rings. The van der Waals surface area contributed by atoms with Crippen LogP contribution >= 0.6 is 11.6 Å². The van der Waals surface area contributed by atoms with Crippen LogP contribution in [0.25, 0.3) is 0 Å². The predicted molar refractivity (Wildman–Crippen MR) is 79.7 cm³/mol. The van der Waals surface area contributed by atoms with E-state index in [9.17, 15) is 9.59 Å². The van der Waals surface area contributed by atoms with Crippen molar-refractivity contribution < 1.29 is 14.3 Å². The molecule has 8 heteroatoms. The number of anilines is 1. The van der Waals surface area contributed by atoms with Crippen LogP contribution in [0.5, 0.6) is 0 Å². The molecule has 0 spiro atoms. The smallest absolute Gasteiger partial charge is 0.327 e. The molecule has 1 heterocycles. The van der Waals surface area contributed by atoms with Gasteiger partial charge in [0.2, 0.25) is 0 Å². The van der Waals surface area contributed by atoms with E-state index in [0.29, 0.717) is 18.8 Å². The standard InChI is InChI=1S/C13H20ClN3O4/c1-3-6-21-7-4-5-15-10-8-16-17(9-11(18)20-2)13(19)12(10)14/h8,15H,3-7,9H2,1-2H3. The fourth-order valence-electron chi connectivity index (χ4n) is 1.53. The van der Waals surface area contributed by atoms with E-state index in [1.165, 1.54) is 13.3 Å². The van der Waals surface area contributed by atoms with Gasteiger partial charge < -0.3 is 14.8 Å². The highest BCUT2D eigenvalue weighted by Gasteiger charge is 2.11. The third-order valence-electron chi connectivity index (χ3n) is 2.62. The maximum atomic E-state index is 11.9. The zero-order valence-electron chi connectivity index (χ0n) is 12.2. The fourth-order valence-corrected chi connectivity index (χ4v) is 1.74. The molecule has 7 nitrogen and oxygen atoms in total. The molecule has 0 aromatic carbocycles. The Morgan fingerprint density at radius 1 is 1.48 bits per heavy atom. The van der Waals surface area contributed by atoms with Crippen LogP contribution in [-0.2, 0) is 20.8 Å². The van der Waals surface area contributed by atoms with Crippen molar-refractivity contribution in [3.63, 3.8) is 0 Å². The summed E-state index contributed by atoms with van der Waals surface area (Å²) in [4.78, 5) is 23.0. The average molecular weight is 318 g/mol. The summed E-state index contributed by atoms with van der Waals surface area (Å²) in [7, 11) is 1.24. The Morgan fingerprint density at radius 2 is 2.24 bits per heavy atom. The van der Waals surface area contributed by atoms with E-state index >= 15 is 0 Å². The number of carbonyl (C=O) groups is 1. The van der Waals surface area contributed by atoms with Crippen LogP contribution in [0.2, 0.25) is 5.02 Å². The Morgan fingerprint density at radius 3 is 2.90 bits per heavy atom. The van der Waals surface area contributed by atoms with E-state index in [1.54, 1.807) is 0 Å². The van der Waals surface area contributed by atoms with E-state index in [0.717, 1.165) is 24.1 Å². The molecule has 0 unspecified atom stereocenters. The lowest BCUT2D eigenvalue weighted by atomic mass is 10.4. The monoisotopic (exact) mass is 317 g/mol. The van der Waals surface area contributed by atoms with Crippen molar-refractivity contribution in [3.8, 4) is 0 Å². The minimum absolute atomic E-state index is 0.00313. The van der Waals surface area contributed by atoms with Crippen LogP contribution in [0.1, 0.15) is 19.8 Å². The molecule has 0 aliphatic rings. The lowest BCUT2D eigenvalue weighted by Gasteiger charge is -2.09. The highest BCUT2D eigenvalue weighted by Crippen LogP contribution is 2.14. The summed E-state index contributed by atoms with van der Waals surface area (Å²) in [6, 6.07) is 0. The first-order chi connectivity index (χ1) is 10.1. The summed E-state index contributed by atoms with van der Waals surface area (Å²) < 4.78 is 10.8. The number of rotatable bonds is 9. The molecule has 118 valence electrons. The highest BCUT2D eigenvalue weighted by molar-refractivity contribution is 6.32. The molecule has 0 atom stereocenters. The maximum Gasteiger partial charge on any atom is 0.327 e. The van der Waals surface area contributed by atoms with Crippen LogP contribution in [0.15, 0.2) is 11.0 Å². The Labute approximate surface area is 128 Å². The number of halogens is 1. The molecular formula is C13H20ClN3O4. The van der Waals surface area contributed by atoms with E-state index in [4.69, 9.17) is 16.3 Å². The minimum atomic E-state index is -0.561. The molecule has 1 N–H and O–H groups in total. The summed E-state index contributed by atoms with van der Waals surface area (Å²) in [6.07, 6.45) is 3.20. The van der Waals surface area contributed by atoms with Gasteiger partial charge in [-0.05, 0) is 12.8 Å². The minimum Gasteiger partial charge on any atom is -0.468 e. The summed E-state index contributed by atoms with van der Waals surface area (Å²) in [5.74, 6) is -0.561. The van der Waals surface area contributed by atoms with Crippen LogP contribution < -0.4 is 10.9 Å². The van der Waals surface area contributed by atoms with Crippen molar-refractivity contribution in [2.24, 2.45) is 0 Å². The molecule has 1 rings (SSSR count). The van der Waals surface area contributed by atoms with Crippen LogP contribution in [0, 0.1) is 0 Å². The summed E-state index contributed by atoms with van der Waals surface area (Å²) >= 11 is 5.97. The quantitative estimate of drug-likeness (QED) is 0.546. The molecule has 0 saturated heterocycles. The third kappa shape index (κ3) is 5.73. The Kier molecular flexibility index (Phi) is 7.78. The van der Waals surface area contributed by atoms with E-state index in [1.807, 2.05) is 6.92 Å². The molecule has 21 heavy (non-hydrogen) atoms. The Balaban J connectivity index is 2.55. The molecule has 0 aliphatic carbocycles. The number of hydrogen-bond donors (Lipinski definition) is 1. The van der Waals surface area contributed by atoms with Gasteiger partial charge in [-0.1, -0.05) is 18.5 Å². The van der Waals surface area contributed by atoms with Crippen molar-refractivity contribution in [2.75, 3.05) is 32.2 Å². The second-order valence-corrected chi connectivity index (χ2v) is 4.68. The second kappa shape index (κ2) is 9.36. The first-order valence-corrected chi connectivity index (χ1v) is 7.12. The van der Waals surface area contributed by atoms with Gasteiger partial charge in [-0.2, -0.15) is 5.10 Å². The predicted octanol–water partition coefficient (Wildman–Crippen LogP) is 1.30. The van der Waals surface area contributed by atoms with Crippen LogP contribution in [0.4, 0.5) is 5.69 Å². The number of carbonyl (C=O) groups excluding carboxylic acids is 1. The first-order valence-electron chi connectivity index (χ1n) is 6.74. The topological polar surface area (TPSA) is 82.4 Å². The van der Waals surface area contributed by atoms with Crippen molar-refractivity contribution in [1.82, 2.24) is 9.78 Å². The zero-order chi connectivity index (χ0) is 15.7. The number of esters is 1. The number of nitrogens with zero attached hydrogens (tertiary/aromatic N) is 2. The van der Waals surface area contributed by atoms with E-state index in [2.05, 4.69) is 15.2 Å². The number of aromatic nitrogens is 2. The normalized spacial score (nSPS) is 10.4. The van der Waals surface area contributed by atoms with Gasteiger partial charge in [0, 0.05) is 19.8 Å². The van der Waals surface area contributed by atoms with Crippen LogP contribution in [0.3, 0.4) is 0 Å². The van der Waals surface area contributed by atoms with Gasteiger partial charge in [-0.15, -0.1) is 0 Å². The summed E-state index contributed by atoms with van der Waals surface area (Å²) in [5.41, 5.74) is -0.0902. The van der Waals surface area contributed by atoms with Gasteiger partial charge >= 0.3 is 5.97 Å². The summed E-state index contributed by atoms with van der Waals surface area (Å²) in [6.45, 7) is 3.79. The number of hydrogen-bond acceptors (Lipinski definition) is 6. The number of ether oxygens (including phenoxy) is 2. The van der Waals surface area contributed by atoms with Crippen LogP contribution in [-0.4, -0.2) is 42.6 Å². The highest BCUT2D eigenvalue weighted by atomic mass is 35.5. The van der Waals surface area contributed by atoms with Gasteiger partial charge in [-0.25, -0.2) is 4.68 Å². The zero-order valence-corrected chi connectivity index (χ0v) is 13.0. The van der Waals surface area contributed by atoms with E-state index < -0.39 is 11.5 Å². The lowest BCUT2D eigenvalue weighted by Crippen LogP contribution is -2.28. The first kappa shape index (κ1) is 17.5. The molecular weight excluding hydrogens is 298 g/mol. The van der Waals surface area contributed by atoms with Gasteiger partial charge in [0.05, 0.1) is 19.0 Å². The molecule has 0 aliphatic heterocycles. The molecule has 0 radical (unpaired) electrons. The Hall–Kier alpha value is -1.60. The average Bonchev–Trinajstić information content (AvgIpc) is 2.49. The molecule has 0 fully saturated rings. The lowest BCUT2D eigenvalue weighted by molar-refractivity contribution is -0.141. The Bertz CT molecular complexity index is 519. The van der Waals surface area contributed by atoms with E-state index in [-0.39, 0.29) is 11.6 Å². The van der Waals surface area contributed by atoms with Gasteiger partial charge in [0.25, 0.3) is 5.56 Å². The molecule has 0 bridgehead atoms. The second-order valence-electron chi connectivity index (χ2n) is 4.30. The van der Waals surface area contributed by atoms with Gasteiger partial charge in [-0.3, -0.25) is 9.59 Å². The molecule has 0 saturated carbocycles. The van der Waals surface area contributed by atoms with Crippen molar-refractivity contribution >= 4 is 23.3 Å². The van der Waals surface area contributed by atoms with Gasteiger partial charge in [0.15, 0.2) is 0 Å². The largest absolute Gasteiger partial charge is 0.468 e. The van der Waals surface area contributed by atoms with Crippen molar-refractivity contribution in [3.05, 3.63) is 21.6 Å². The molecule has 1 aromatic heterocycles. The fraction of sp³-hybridized carbons (Fsp3) is 0.615. The third-order valence-corrected chi connectivity index (χ3v) is 2.99. The van der Waals surface area contributed by atoms with Crippen molar-refractivity contribution in [2.45, 2.75) is 26.3 Å². The number of methoxy groups -OCH3 is 1. The van der Waals surface area contributed by atoms with Crippen molar-refractivity contribution in [1.29, 1.82) is 0 Å².